The first-order valence-electron chi connectivity index (χ1n) is 6.52. The van der Waals surface area contributed by atoms with Gasteiger partial charge in [0.1, 0.15) is 11.8 Å². The molecule has 0 amide bonds. The van der Waals surface area contributed by atoms with Gasteiger partial charge in [0.2, 0.25) is 0 Å². The van der Waals surface area contributed by atoms with Gasteiger partial charge >= 0.3 is 5.97 Å². The van der Waals surface area contributed by atoms with E-state index < -0.39 is 12.0 Å². The van der Waals surface area contributed by atoms with E-state index in [4.69, 9.17) is 4.74 Å². The summed E-state index contributed by atoms with van der Waals surface area (Å²) in [5, 5.41) is 9.20. The highest BCUT2D eigenvalue weighted by Gasteiger charge is 2.29. The fraction of sp³-hybridized carbons (Fsp3) is 0.500. The Bertz CT molecular complexity index is 433. The molecule has 1 fully saturated rings. The smallest absolute Gasteiger partial charge is 0.322 e. The van der Waals surface area contributed by atoms with Crippen LogP contribution < -0.4 is 9.64 Å². The highest BCUT2D eigenvalue weighted by atomic mass is 16.5. The Kier molecular flexibility index (Phi) is 4.27. The third-order valence-corrected chi connectivity index (χ3v) is 3.45. The maximum Gasteiger partial charge on any atom is 0.322 e. The Balaban J connectivity index is 2.07. The number of nitrogens with zero attached hydrogens (tertiary/aromatic N) is 2. The molecule has 0 aliphatic carbocycles. The Morgan fingerprint density at radius 3 is 2.63 bits per heavy atom. The molecule has 5 nitrogen and oxygen atoms in total. The third-order valence-electron chi connectivity index (χ3n) is 3.45. The van der Waals surface area contributed by atoms with Gasteiger partial charge in [-0.15, -0.1) is 0 Å². The first-order chi connectivity index (χ1) is 9.11. The molecular weight excluding hydrogens is 244 g/mol. The van der Waals surface area contributed by atoms with Gasteiger partial charge in [-0.3, -0.25) is 9.69 Å². The molecule has 5 heteroatoms. The van der Waals surface area contributed by atoms with Gasteiger partial charge in [0.25, 0.3) is 0 Å². The minimum atomic E-state index is -0.766. The molecule has 0 saturated carbocycles. The molecule has 1 aromatic rings. The van der Waals surface area contributed by atoms with Crippen molar-refractivity contribution in [1.82, 2.24) is 4.90 Å². The molecule has 2 rings (SSSR count). The fourth-order valence-corrected chi connectivity index (χ4v) is 2.29. The van der Waals surface area contributed by atoms with Crippen LogP contribution in [0.2, 0.25) is 0 Å². The van der Waals surface area contributed by atoms with Crippen molar-refractivity contribution in [1.29, 1.82) is 0 Å². The normalized spacial score (nSPS) is 20.3. The van der Waals surface area contributed by atoms with Crippen molar-refractivity contribution in [3.63, 3.8) is 0 Å². The second-order valence-electron chi connectivity index (χ2n) is 4.71. The van der Waals surface area contributed by atoms with Gasteiger partial charge in [0, 0.05) is 25.3 Å². The first-order valence-corrected chi connectivity index (χ1v) is 6.52. The van der Waals surface area contributed by atoms with Crippen LogP contribution in [0, 0.1) is 0 Å². The highest BCUT2D eigenvalue weighted by molar-refractivity contribution is 5.75. The van der Waals surface area contributed by atoms with Gasteiger partial charge in [0.15, 0.2) is 0 Å². The summed E-state index contributed by atoms with van der Waals surface area (Å²) in [5.41, 5.74) is 1.04. The minimum Gasteiger partial charge on any atom is -0.494 e. The van der Waals surface area contributed by atoms with Crippen molar-refractivity contribution in [3.8, 4) is 5.75 Å². The molecule has 1 aliphatic rings. The molecule has 104 valence electrons. The zero-order valence-corrected chi connectivity index (χ0v) is 11.4. The van der Waals surface area contributed by atoms with Crippen molar-refractivity contribution in [2.75, 3.05) is 38.2 Å². The van der Waals surface area contributed by atoms with E-state index in [1.54, 1.807) is 0 Å². The number of likely N-dealkylation sites (N-methyl/N-ethyl adjacent to an activating group) is 1. The lowest BCUT2D eigenvalue weighted by atomic mass is 10.1. The topological polar surface area (TPSA) is 53.0 Å². The van der Waals surface area contributed by atoms with Crippen LogP contribution in [-0.4, -0.2) is 55.3 Å². The van der Waals surface area contributed by atoms with E-state index in [1.807, 2.05) is 43.1 Å². The van der Waals surface area contributed by atoms with Crippen molar-refractivity contribution in [3.05, 3.63) is 24.3 Å². The number of rotatable bonds is 4. The number of benzene rings is 1. The van der Waals surface area contributed by atoms with E-state index in [-0.39, 0.29) is 0 Å². The zero-order valence-electron chi connectivity index (χ0n) is 11.4. The summed E-state index contributed by atoms with van der Waals surface area (Å²) in [6.07, 6.45) is 0. The van der Waals surface area contributed by atoms with Gasteiger partial charge < -0.3 is 14.7 Å². The number of aliphatic carboxylic acids is 1. The molecule has 0 bridgehead atoms. The van der Waals surface area contributed by atoms with Crippen molar-refractivity contribution >= 4 is 11.7 Å². The van der Waals surface area contributed by atoms with Crippen molar-refractivity contribution in [2.45, 2.75) is 13.0 Å². The van der Waals surface area contributed by atoms with Crippen LogP contribution in [0.5, 0.6) is 5.75 Å². The third kappa shape index (κ3) is 3.17. The summed E-state index contributed by atoms with van der Waals surface area (Å²) in [6, 6.07) is 7.37. The van der Waals surface area contributed by atoms with Crippen LogP contribution in [0.15, 0.2) is 24.3 Å². The Labute approximate surface area is 113 Å². The number of anilines is 1. The fourth-order valence-electron chi connectivity index (χ4n) is 2.29. The molecule has 1 atom stereocenters. The second kappa shape index (κ2) is 5.93. The quantitative estimate of drug-likeness (QED) is 0.888. The molecule has 1 N–H and O–H groups in total. The molecule has 1 saturated heterocycles. The monoisotopic (exact) mass is 264 g/mol. The van der Waals surface area contributed by atoms with Crippen LogP contribution in [0.4, 0.5) is 5.69 Å². The predicted octanol–water partition coefficient (Wildman–Crippen LogP) is 1.29. The lowest BCUT2D eigenvalue weighted by Gasteiger charge is -2.38. The van der Waals surface area contributed by atoms with Crippen LogP contribution in [0.1, 0.15) is 6.92 Å². The van der Waals surface area contributed by atoms with E-state index in [1.165, 1.54) is 0 Å². The average molecular weight is 264 g/mol. The summed E-state index contributed by atoms with van der Waals surface area (Å²) in [7, 11) is 1.86. The van der Waals surface area contributed by atoms with Crippen LogP contribution >= 0.6 is 0 Å². The number of piperazine rings is 1. The molecular formula is C14H20N2O3. The van der Waals surface area contributed by atoms with Gasteiger partial charge in [-0.2, -0.15) is 0 Å². The van der Waals surface area contributed by atoms with Crippen LogP contribution in [-0.2, 0) is 4.79 Å². The lowest BCUT2D eigenvalue weighted by Crippen LogP contribution is -2.54. The van der Waals surface area contributed by atoms with E-state index in [2.05, 4.69) is 4.90 Å². The van der Waals surface area contributed by atoms with E-state index >= 15 is 0 Å². The molecule has 1 heterocycles. The van der Waals surface area contributed by atoms with Crippen molar-refractivity contribution < 1.29 is 14.6 Å². The molecule has 1 aromatic carbocycles. The molecule has 0 spiro atoms. The summed E-state index contributed by atoms with van der Waals surface area (Å²) < 4.78 is 5.40. The maximum absolute atomic E-state index is 11.2. The SMILES string of the molecule is CCOc1ccc(N2CCN(C)C(C(=O)O)C2)cc1. The molecule has 0 aromatic heterocycles. The number of carboxylic acids is 1. The van der Waals surface area contributed by atoms with Crippen LogP contribution in [0.3, 0.4) is 0 Å². The summed E-state index contributed by atoms with van der Waals surface area (Å²) in [6.45, 7) is 4.71. The minimum absolute atomic E-state index is 0.444. The Hall–Kier alpha value is -1.75. The van der Waals surface area contributed by atoms with Gasteiger partial charge in [-0.25, -0.2) is 0 Å². The van der Waals surface area contributed by atoms with Gasteiger partial charge in [0.05, 0.1) is 6.61 Å². The summed E-state index contributed by atoms with van der Waals surface area (Å²) >= 11 is 0. The number of hydrogen-bond acceptors (Lipinski definition) is 4. The zero-order chi connectivity index (χ0) is 13.8. The van der Waals surface area contributed by atoms with Gasteiger partial charge in [-0.05, 0) is 38.2 Å². The summed E-state index contributed by atoms with van der Waals surface area (Å²) in [5.74, 6) is 0.0771. The predicted molar refractivity (Wildman–Crippen MR) is 73.9 cm³/mol. The van der Waals surface area contributed by atoms with Crippen molar-refractivity contribution in [2.24, 2.45) is 0 Å². The molecule has 0 radical (unpaired) electrons. The number of carbonyl (C=O) groups is 1. The molecule has 19 heavy (non-hydrogen) atoms. The first kappa shape index (κ1) is 13.7. The number of carboxylic acid groups (broad SMARTS) is 1. The number of hydrogen-bond donors (Lipinski definition) is 1. The molecule has 1 unspecified atom stereocenters. The van der Waals surface area contributed by atoms with E-state index in [0.717, 1.165) is 24.5 Å². The largest absolute Gasteiger partial charge is 0.494 e. The Morgan fingerprint density at radius 1 is 1.37 bits per heavy atom. The summed E-state index contributed by atoms with van der Waals surface area (Å²) in [4.78, 5) is 15.2. The second-order valence-corrected chi connectivity index (χ2v) is 4.71. The van der Waals surface area contributed by atoms with Gasteiger partial charge in [-0.1, -0.05) is 0 Å². The average Bonchev–Trinajstić information content (AvgIpc) is 2.40. The van der Waals surface area contributed by atoms with Crippen LogP contribution in [0.25, 0.3) is 0 Å². The Morgan fingerprint density at radius 2 is 2.05 bits per heavy atom. The highest BCUT2D eigenvalue weighted by Crippen LogP contribution is 2.22. The number of ether oxygens (including phenoxy) is 1. The van der Waals surface area contributed by atoms with E-state index in [0.29, 0.717) is 13.2 Å². The standard InChI is InChI=1S/C14H20N2O3/c1-3-19-12-6-4-11(5-7-12)16-9-8-15(2)13(10-16)14(17)18/h4-7,13H,3,8-10H2,1-2H3,(H,17,18). The maximum atomic E-state index is 11.2. The lowest BCUT2D eigenvalue weighted by molar-refractivity contribution is -0.142. The van der Waals surface area contributed by atoms with E-state index in [9.17, 15) is 9.90 Å². The molecule has 1 aliphatic heterocycles.